The molecule has 0 saturated heterocycles. The van der Waals surface area contributed by atoms with Gasteiger partial charge < -0.3 is 20.3 Å². The first-order chi connectivity index (χ1) is 8.99. The smallest absolute Gasteiger partial charge is 0.162 e. The fraction of sp³-hybridized carbons (Fsp3) is 0.571. The van der Waals surface area contributed by atoms with Crippen LogP contribution < -0.4 is 15.2 Å². The molecule has 0 aliphatic carbocycles. The SMILES string of the molecule is CC(CC(O)C(C)N)c1cc2c(cc1Cl)OCCO2. The Morgan fingerprint density at radius 3 is 2.42 bits per heavy atom. The Morgan fingerprint density at radius 1 is 1.26 bits per heavy atom. The number of hydrogen-bond acceptors (Lipinski definition) is 4. The lowest BCUT2D eigenvalue weighted by Crippen LogP contribution is -2.32. The number of aliphatic hydroxyl groups excluding tert-OH is 1. The molecule has 0 fully saturated rings. The number of aliphatic hydroxyl groups is 1. The van der Waals surface area contributed by atoms with E-state index >= 15 is 0 Å². The molecule has 106 valence electrons. The van der Waals surface area contributed by atoms with Crippen LogP contribution in [0.15, 0.2) is 12.1 Å². The Kier molecular flexibility index (Phi) is 4.55. The zero-order valence-electron chi connectivity index (χ0n) is 11.2. The second-order valence-corrected chi connectivity index (χ2v) is 5.49. The molecule has 4 nitrogen and oxygen atoms in total. The van der Waals surface area contributed by atoms with E-state index in [0.717, 1.165) is 5.56 Å². The Hall–Kier alpha value is -0.970. The molecule has 0 bridgehead atoms. The fourth-order valence-corrected chi connectivity index (χ4v) is 2.50. The van der Waals surface area contributed by atoms with E-state index in [1.807, 2.05) is 13.0 Å². The Bertz CT molecular complexity index is 451. The molecule has 0 radical (unpaired) electrons. The molecule has 0 saturated carbocycles. The predicted octanol–water partition coefficient (Wildman–Crippen LogP) is 2.31. The van der Waals surface area contributed by atoms with Crippen molar-refractivity contribution in [2.24, 2.45) is 5.73 Å². The third-order valence-corrected chi connectivity index (χ3v) is 3.72. The van der Waals surface area contributed by atoms with Gasteiger partial charge in [0.2, 0.25) is 0 Å². The van der Waals surface area contributed by atoms with Crippen molar-refractivity contribution in [3.63, 3.8) is 0 Å². The summed E-state index contributed by atoms with van der Waals surface area (Å²) in [5.41, 5.74) is 6.63. The van der Waals surface area contributed by atoms with E-state index in [1.165, 1.54) is 0 Å². The molecule has 1 heterocycles. The fourth-order valence-electron chi connectivity index (χ4n) is 2.16. The zero-order chi connectivity index (χ0) is 14.0. The number of benzene rings is 1. The molecule has 1 aromatic rings. The number of rotatable bonds is 4. The Balaban J connectivity index is 2.19. The van der Waals surface area contributed by atoms with Gasteiger partial charge in [-0.05, 0) is 30.9 Å². The summed E-state index contributed by atoms with van der Waals surface area (Å²) >= 11 is 6.27. The normalized spacial score (nSPS) is 18.8. The van der Waals surface area contributed by atoms with Gasteiger partial charge in [0.15, 0.2) is 11.5 Å². The van der Waals surface area contributed by atoms with Gasteiger partial charge in [0.25, 0.3) is 0 Å². The van der Waals surface area contributed by atoms with Crippen LogP contribution >= 0.6 is 11.6 Å². The third-order valence-electron chi connectivity index (χ3n) is 3.39. The van der Waals surface area contributed by atoms with Crippen molar-refractivity contribution >= 4 is 11.6 Å². The molecule has 2 rings (SSSR count). The summed E-state index contributed by atoms with van der Waals surface area (Å²) in [6.07, 6.45) is 0.0242. The first-order valence-electron chi connectivity index (χ1n) is 6.51. The number of halogens is 1. The first kappa shape index (κ1) is 14.4. The number of fused-ring (bicyclic) bond motifs is 1. The van der Waals surface area contributed by atoms with Crippen LogP contribution in [0.3, 0.4) is 0 Å². The number of ether oxygens (including phenoxy) is 2. The maximum atomic E-state index is 9.86. The molecule has 3 unspecified atom stereocenters. The maximum absolute atomic E-state index is 9.86. The van der Waals surface area contributed by atoms with E-state index in [1.54, 1.807) is 13.0 Å². The van der Waals surface area contributed by atoms with Crippen molar-refractivity contribution in [1.29, 1.82) is 0 Å². The zero-order valence-corrected chi connectivity index (χ0v) is 12.0. The molecule has 19 heavy (non-hydrogen) atoms. The highest BCUT2D eigenvalue weighted by molar-refractivity contribution is 6.31. The largest absolute Gasteiger partial charge is 0.486 e. The van der Waals surface area contributed by atoms with E-state index in [4.69, 9.17) is 26.8 Å². The van der Waals surface area contributed by atoms with E-state index < -0.39 is 6.10 Å². The lowest BCUT2D eigenvalue weighted by Gasteiger charge is -2.23. The van der Waals surface area contributed by atoms with Gasteiger partial charge in [-0.1, -0.05) is 18.5 Å². The lowest BCUT2D eigenvalue weighted by molar-refractivity contribution is 0.134. The topological polar surface area (TPSA) is 64.7 Å². The van der Waals surface area contributed by atoms with Crippen LogP contribution in [-0.2, 0) is 0 Å². The molecule has 0 amide bonds. The van der Waals surface area contributed by atoms with Crippen molar-refractivity contribution < 1.29 is 14.6 Å². The monoisotopic (exact) mass is 285 g/mol. The van der Waals surface area contributed by atoms with Gasteiger partial charge in [0.1, 0.15) is 13.2 Å². The first-order valence-corrected chi connectivity index (χ1v) is 6.89. The molecule has 1 aliphatic heterocycles. The maximum Gasteiger partial charge on any atom is 0.162 e. The third kappa shape index (κ3) is 3.32. The molecule has 1 aliphatic rings. The van der Waals surface area contributed by atoms with Crippen LogP contribution in [0, 0.1) is 0 Å². The van der Waals surface area contributed by atoms with Gasteiger partial charge in [-0.15, -0.1) is 0 Å². The van der Waals surface area contributed by atoms with Gasteiger partial charge in [0.05, 0.1) is 6.10 Å². The van der Waals surface area contributed by atoms with Crippen LogP contribution in [0.5, 0.6) is 11.5 Å². The highest BCUT2D eigenvalue weighted by atomic mass is 35.5. The summed E-state index contributed by atoms with van der Waals surface area (Å²) in [4.78, 5) is 0. The molecule has 0 aromatic heterocycles. The van der Waals surface area contributed by atoms with Crippen LogP contribution in [-0.4, -0.2) is 30.5 Å². The molecular formula is C14H20ClNO3. The summed E-state index contributed by atoms with van der Waals surface area (Å²) in [6.45, 7) is 4.90. The van der Waals surface area contributed by atoms with Crippen LogP contribution in [0.2, 0.25) is 5.02 Å². The molecule has 1 aromatic carbocycles. The van der Waals surface area contributed by atoms with Crippen molar-refractivity contribution in [2.45, 2.75) is 38.3 Å². The summed E-state index contributed by atoms with van der Waals surface area (Å²) in [7, 11) is 0. The van der Waals surface area contributed by atoms with Gasteiger partial charge in [-0.3, -0.25) is 0 Å². The molecule has 5 heteroatoms. The average Bonchev–Trinajstić information content (AvgIpc) is 2.37. The standard InChI is InChI=1S/C14H20ClNO3/c1-8(5-12(17)9(2)16)10-6-13-14(7-11(10)15)19-4-3-18-13/h6-9,12,17H,3-5,16H2,1-2H3. The van der Waals surface area contributed by atoms with Crippen LogP contribution in [0.1, 0.15) is 31.7 Å². The minimum atomic E-state index is -0.542. The van der Waals surface area contributed by atoms with Gasteiger partial charge in [-0.25, -0.2) is 0 Å². The van der Waals surface area contributed by atoms with E-state index in [9.17, 15) is 5.11 Å². The highest BCUT2D eigenvalue weighted by Crippen LogP contribution is 2.39. The molecular weight excluding hydrogens is 266 g/mol. The van der Waals surface area contributed by atoms with Crippen molar-refractivity contribution in [3.05, 3.63) is 22.7 Å². The molecule has 0 spiro atoms. The van der Waals surface area contributed by atoms with Gasteiger partial charge in [-0.2, -0.15) is 0 Å². The highest BCUT2D eigenvalue weighted by Gasteiger charge is 2.21. The van der Waals surface area contributed by atoms with E-state index in [2.05, 4.69) is 0 Å². The van der Waals surface area contributed by atoms with Gasteiger partial charge in [0, 0.05) is 17.1 Å². The minimum Gasteiger partial charge on any atom is -0.486 e. The Morgan fingerprint density at radius 2 is 1.84 bits per heavy atom. The van der Waals surface area contributed by atoms with E-state index in [-0.39, 0.29) is 12.0 Å². The molecule has 3 atom stereocenters. The number of nitrogens with two attached hydrogens (primary N) is 1. The number of hydrogen-bond donors (Lipinski definition) is 2. The molecule has 3 N–H and O–H groups in total. The van der Waals surface area contributed by atoms with Crippen LogP contribution in [0.25, 0.3) is 0 Å². The van der Waals surface area contributed by atoms with Crippen LogP contribution in [0.4, 0.5) is 0 Å². The average molecular weight is 286 g/mol. The predicted molar refractivity (Wildman–Crippen MR) is 75.1 cm³/mol. The Labute approximate surface area is 118 Å². The minimum absolute atomic E-state index is 0.101. The van der Waals surface area contributed by atoms with Crippen molar-refractivity contribution in [1.82, 2.24) is 0 Å². The van der Waals surface area contributed by atoms with Crippen molar-refractivity contribution in [2.75, 3.05) is 13.2 Å². The quantitative estimate of drug-likeness (QED) is 0.891. The second-order valence-electron chi connectivity index (χ2n) is 5.08. The summed E-state index contributed by atoms with van der Waals surface area (Å²) in [5.74, 6) is 1.50. The van der Waals surface area contributed by atoms with E-state index in [0.29, 0.717) is 36.2 Å². The summed E-state index contributed by atoms with van der Waals surface area (Å²) in [5, 5.41) is 10.5. The van der Waals surface area contributed by atoms with Gasteiger partial charge >= 0.3 is 0 Å². The lowest BCUT2D eigenvalue weighted by atomic mass is 9.92. The second kappa shape index (κ2) is 5.99. The summed E-state index contributed by atoms with van der Waals surface area (Å²) < 4.78 is 11.0. The summed E-state index contributed by atoms with van der Waals surface area (Å²) in [6, 6.07) is 3.42. The van der Waals surface area contributed by atoms with Crippen molar-refractivity contribution in [3.8, 4) is 11.5 Å².